The van der Waals surface area contributed by atoms with Gasteiger partial charge in [0.2, 0.25) is 11.8 Å². The molecule has 0 heterocycles. The SMILES string of the molecule is CC(C)(CO)NC(=O)Cc1ccc(NC(=O)CCSc2ccccc2)cc1. The molecule has 0 aliphatic rings. The zero-order valence-electron chi connectivity index (χ0n) is 15.7. The molecule has 2 aromatic carbocycles. The summed E-state index contributed by atoms with van der Waals surface area (Å²) in [6.07, 6.45) is 0.658. The Morgan fingerprint density at radius 3 is 2.30 bits per heavy atom. The Morgan fingerprint density at radius 1 is 1.00 bits per heavy atom. The fraction of sp³-hybridized carbons (Fsp3) is 0.333. The molecule has 0 radical (unpaired) electrons. The van der Waals surface area contributed by atoms with Crippen LogP contribution in [0.15, 0.2) is 59.5 Å². The first-order chi connectivity index (χ1) is 12.9. The lowest BCUT2D eigenvalue weighted by atomic mass is 10.1. The number of nitrogens with one attached hydrogen (secondary N) is 2. The molecule has 0 aliphatic carbocycles. The number of thioether (sulfide) groups is 1. The minimum atomic E-state index is -0.636. The third-order valence-electron chi connectivity index (χ3n) is 3.82. The minimum absolute atomic E-state index is 0.0337. The summed E-state index contributed by atoms with van der Waals surface area (Å²) in [7, 11) is 0. The molecule has 0 saturated heterocycles. The summed E-state index contributed by atoms with van der Waals surface area (Å²) in [5.41, 5.74) is 0.923. The zero-order valence-corrected chi connectivity index (χ0v) is 16.5. The highest BCUT2D eigenvalue weighted by Gasteiger charge is 2.18. The lowest BCUT2D eigenvalue weighted by Crippen LogP contribution is -2.46. The van der Waals surface area contributed by atoms with Gasteiger partial charge in [0.25, 0.3) is 0 Å². The first kappa shape index (κ1) is 21.0. The van der Waals surface area contributed by atoms with Crippen LogP contribution in [-0.4, -0.2) is 34.8 Å². The van der Waals surface area contributed by atoms with Gasteiger partial charge < -0.3 is 15.7 Å². The van der Waals surface area contributed by atoms with Gasteiger partial charge in [-0.25, -0.2) is 0 Å². The fourth-order valence-electron chi connectivity index (χ4n) is 2.35. The van der Waals surface area contributed by atoms with Gasteiger partial charge in [-0.05, 0) is 43.7 Å². The number of rotatable bonds is 9. The normalized spacial score (nSPS) is 11.1. The van der Waals surface area contributed by atoms with Crippen LogP contribution in [0.25, 0.3) is 0 Å². The predicted octanol–water partition coefficient (Wildman–Crippen LogP) is 3.24. The first-order valence-electron chi connectivity index (χ1n) is 8.86. The molecule has 0 atom stereocenters. The number of carbonyl (C=O) groups excluding carboxylic acids is 2. The molecule has 3 N–H and O–H groups in total. The molecule has 2 rings (SSSR count). The van der Waals surface area contributed by atoms with Gasteiger partial charge in [-0.3, -0.25) is 9.59 Å². The Hall–Kier alpha value is -2.31. The number of aliphatic hydroxyl groups is 1. The van der Waals surface area contributed by atoms with Gasteiger partial charge in [0.1, 0.15) is 0 Å². The third kappa shape index (κ3) is 7.85. The van der Waals surface area contributed by atoms with E-state index in [0.29, 0.717) is 12.1 Å². The number of hydrogen-bond donors (Lipinski definition) is 3. The Kier molecular flexibility index (Phi) is 7.88. The predicted molar refractivity (Wildman–Crippen MR) is 110 cm³/mol. The summed E-state index contributed by atoms with van der Waals surface area (Å²) in [4.78, 5) is 25.2. The molecule has 0 saturated carbocycles. The van der Waals surface area contributed by atoms with Crippen LogP contribution in [0.5, 0.6) is 0 Å². The van der Waals surface area contributed by atoms with E-state index in [0.717, 1.165) is 16.2 Å². The quantitative estimate of drug-likeness (QED) is 0.578. The molecule has 5 nitrogen and oxygen atoms in total. The van der Waals surface area contributed by atoms with Crippen LogP contribution in [0.1, 0.15) is 25.8 Å². The molecule has 0 unspecified atom stereocenters. The van der Waals surface area contributed by atoms with Crippen molar-refractivity contribution in [3.8, 4) is 0 Å². The van der Waals surface area contributed by atoms with E-state index in [1.807, 2.05) is 42.5 Å². The van der Waals surface area contributed by atoms with Crippen molar-refractivity contribution in [1.82, 2.24) is 5.32 Å². The molecule has 2 aromatic rings. The lowest BCUT2D eigenvalue weighted by molar-refractivity contribution is -0.122. The van der Waals surface area contributed by atoms with Crippen LogP contribution in [0.4, 0.5) is 5.69 Å². The zero-order chi connectivity index (χ0) is 19.7. The number of carbonyl (C=O) groups is 2. The van der Waals surface area contributed by atoms with Crippen molar-refractivity contribution in [3.05, 3.63) is 60.2 Å². The van der Waals surface area contributed by atoms with E-state index < -0.39 is 5.54 Å². The second-order valence-corrected chi connectivity index (χ2v) is 8.09. The third-order valence-corrected chi connectivity index (χ3v) is 4.83. The Balaban J connectivity index is 1.76. The highest BCUT2D eigenvalue weighted by atomic mass is 32.2. The van der Waals surface area contributed by atoms with Gasteiger partial charge in [-0.2, -0.15) is 0 Å². The maximum absolute atomic E-state index is 12.0. The van der Waals surface area contributed by atoms with Gasteiger partial charge in [0, 0.05) is 22.8 Å². The van der Waals surface area contributed by atoms with Crippen molar-refractivity contribution < 1.29 is 14.7 Å². The number of aliphatic hydroxyl groups excluding tert-OH is 1. The average molecular weight is 387 g/mol. The number of benzene rings is 2. The van der Waals surface area contributed by atoms with Gasteiger partial charge in [0.15, 0.2) is 0 Å². The summed E-state index contributed by atoms with van der Waals surface area (Å²) in [6, 6.07) is 17.2. The summed E-state index contributed by atoms with van der Waals surface area (Å²) in [6.45, 7) is 3.41. The van der Waals surface area contributed by atoms with E-state index in [-0.39, 0.29) is 24.8 Å². The molecule has 0 aromatic heterocycles. The summed E-state index contributed by atoms with van der Waals surface area (Å²) in [5, 5.41) is 14.8. The standard InChI is InChI=1S/C21H26N2O3S/c1-21(2,15-24)23-20(26)14-16-8-10-17(11-9-16)22-19(25)12-13-27-18-6-4-3-5-7-18/h3-11,24H,12-15H2,1-2H3,(H,22,25)(H,23,26). The summed E-state index contributed by atoms with van der Waals surface area (Å²) < 4.78 is 0. The number of amides is 2. The average Bonchev–Trinajstić information content (AvgIpc) is 2.64. The van der Waals surface area contributed by atoms with Crippen LogP contribution >= 0.6 is 11.8 Å². The molecule has 144 valence electrons. The molecule has 0 aliphatic heterocycles. The Bertz CT molecular complexity index is 746. The summed E-state index contributed by atoms with van der Waals surface area (Å²) >= 11 is 1.65. The topological polar surface area (TPSA) is 78.4 Å². The van der Waals surface area contributed by atoms with Gasteiger partial charge in [-0.1, -0.05) is 30.3 Å². The van der Waals surface area contributed by atoms with E-state index in [2.05, 4.69) is 10.6 Å². The fourth-order valence-corrected chi connectivity index (χ4v) is 3.23. The smallest absolute Gasteiger partial charge is 0.225 e. The maximum Gasteiger partial charge on any atom is 0.225 e. The van der Waals surface area contributed by atoms with Crippen molar-refractivity contribution in [2.45, 2.75) is 37.1 Å². The van der Waals surface area contributed by atoms with Crippen LogP contribution in [0.3, 0.4) is 0 Å². The van der Waals surface area contributed by atoms with E-state index in [4.69, 9.17) is 0 Å². The highest BCUT2D eigenvalue weighted by molar-refractivity contribution is 7.99. The molecule has 6 heteroatoms. The monoisotopic (exact) mass is 386 g/mol. The number of hydrogen-bond acceptors (Lipinski definition) is 4. The van der Waals surface area contributed by atoms with E-state index in [1.165, 1.54) is 0 Å². The Labute approximate surface area is 164 Å². The molecule has 0 spiro atoms. The number of anilines is 1. The van der Waals surface area contributed by atoms with Gasteiger partial charge in [0.05, 0.1) is 18.6 Å². The molecule has 0 fully saturated rings. The maximum atomic E-state index is 12.0. The van der Waals surface area contributed by atoms with Crippen molar-refractivity contribution in [2.75, 3.05) is 17.7 Å². The first-order valence-corrected chi connectivity index (χ1v) is 9.85. The van der Waals surface area contributed by atoms with Crippen molar-refractivity contribution in [1.29, 1.82) is 0 Å². The molecule has 2 amide bonds. The van der Waals surface area contributed by atoms with Crippen molar-refractivity contribution in [3.63, 3.8) is 0 Å². The highest BCUT2D eigenvalue weighted by Crippen LogP contribution is 2.18. The lowest BCUT2D eigenvalue weighted by Gasteiger charge is -2.23. The van der Waals surface area contributed by atoms with E-state index >= 15 is 0 Å². The van der Waals surface area contributed by atoms with Crippen LogP contribution < -0.4 is 10.6 Å². The van der Waals surface area contributed by atoms with Crippen molar-refractivity contribution in [2.24, 2.45) is 0 Å². The molecule has 27 heavy (non-hydrogen) atoms. The summed E-state index contributed by atoms with van der Waals surface area (Å²) in [5.74, 6) is 0.534. The van der Waals surface area contributed by atoms with Crippen molar-refractivity contribution >= 4 is 29.3 Å². The van der Waals surface area contributed by atoms with Crippen LogP contribution in [0, 0.1) is 0 Å². The molecular formula is C21H26N2O3S. The molecule has 0 bridgehead atoms. The van der Waals surface area contributed by atoms with Gasteiger partial charge in [-0.15, -0.1) is 11.8 Å². The van der Waals surface area contributed by atoms with Gasteiger partial charge >= 0.3 is 0 Å². The Morgan fingerprint density at radius 2 is 1.67 bits per heavy atom. The largest absolute Gasteiger partial charge is 0.394 e. The minimum Gasteiger partial charge on any atom is -0.394 e. The second kappa shape index (κ2) is 10.1. The van der Waals surface area contributed by atoms with E-state index in [1.54, 1.807) is 37.7 Å². The second-order valence-electron chi connectivity index (χ2n) is 6.92. The van der Waals surface area contributed by atoms with E-state index in [9.17, 15) is 14.7 Å². The van der Waals surface area contributed by atoms with Crippen LogP contribution in [-0.2, 0) is 16.0 Å². The molecular weight excluding hydrogens is 360 g/mol. The van der Waals surface area contributed by atoms with Crippen LogP contribution in [0.2, 0.25) is 0 Å².